The van der Waals surface area contributed by atoms with Gasteiger partial charge in [-0.15, -0.1) is 0 Å². The van der Waals surface area contributed by atoms with E-state index in [9.17, 15) is 23.2 Å². The summed E-state index contributed by atoms with van der Waals surface area (Å²) in [6.45, 7) is 3.05. The second kappa shape index (κ2) is 7.03. The number of esters is 1. The molecular weight excluding hydrogens is 222 g/mol. The number of ketones is 2. The monoisotopic (exact) mass is 236 g/mol. The Balaban J connectivity index is 4.62. The quantitative estimate of drug-likeness (QED) is 0.494. The van der Waals surface area contributed by atoms with Gasteiger partial charge in [0, 0.05) is 12.8 Å². The Hall–Kier alpha value is -1.33. The average molecular weight is 236 g/mol. The molecule has 0 radical (unpaired) electrons. The molecule has 0 aromatic heterocycles. The van der Waals surface area contributed by atoms with E-state index in [4.69, 9.17) is 0 Å². The molecule has 0 saturated carbocycles. The molecule has 6 heteroatoms. The fourth-order valence-corrected chi connectivity index (χ4v) is 1.11. The van der Waals surface area contributed by atoms with Gasteiger partial charge in [-0.3, -0.25) is 14.4 Å². The van der Waals surface area contributed by atoms with E-state index in [1.54, 1.807) is 0 Å². The molecular formula is C10H14F2O4. The zero-order chi connectivity index (χ0) is 12.7. The van der Waals surface area contributed by atoms with Crippen LogP contribution in [0.15, 0.2) is 0 Å². The van der Waals surface area contributed by atoms with Crippen LogP contribution in [0.2, 0.25) is 0 Å². The molecule has 0 bridgehead atoms. The largest absolute Gasteiger partial charge is 0.465 e. The van der Waals surface area contributed by atoms with Crippen molar-refractivity contribution in [2.45, 2.75) is 33.1 Å². The second-order valence-electron chi connectivity index (χ2n) is 3.10. The van der Waals surface area contributed by atoms with Crippen LogP contribution in [-0.2, 0) is 19.1 Å². The van der Waals surface area contributed by atoms with Gasteiger partial charge in [0.15, 0.2) is 5.78 Å². The Morgan fingerprint density at radius 2 is 1.69 bits per heavy atom. The number of carbonyl (C=O) groups excluding carboxylic acids is 3. The molecule has 92 valence electrons. The van der Waals surface area contributed by atoms with Crippen LogP contribution < -0.4 is 0 Å². The first kappa shape index (κ1) is 14.7. The van der Waals surface area contributed by atoms with E-state index >= 15 is 0 Å². The Morgan fingerprint density at radius 3 is 2.06 bits per heavy atom. The molecule has 0 aliphatic carbocycles. The molecule has 0 rings (SSSR count). The summed E-state index contributed by atoms with van der Waals surface area (Å²) in [6.07, 6.45) is -3.95. The Labute approximate surface area is 92.0 Å². The van der Waals surface area contributed by atoms with Gasteiger partial charge in [0.05, 0.1) is 6.61 Å². The van der Waals surface area contributed by atoms with Crippen molar-refractivity contribution in [3.63, 3.8) is 0 Å². The third kappa shape index (κ3) is 4.46. The van der Waals surface area contributed by atoms with Gasteiger partial charge >= 0.3 is 5.97 Å². The van der Waals surface area contributed by atoms with Crippen molar-refractivity contribution in [3.8, 4) is 0 Å². The van der Waals surface area contributed by atoms with Crippen LogP contribution in [0.3, 0.4) is 0 Å². The van der Waals surface area contributed by atoms with E-state index in [-0.39, 0.29) is 13.0 Å². The van der Waals surface area contributed by atoms with Crippen molar-refractivity contribution < 1.29 is 27.9 Å². The summed E-state index contributed by atoms with van der Waals surface area (Å²) in [5.41, 5.74) is 0. The molecule has 0 saturated heterocycles. The molecule has 0 aromatic rings. The smallest absolute Gasteiger partial charge is 0.316 e. The average Bonchev–Trinajstić information content (AvgIpc) is 2.24. The number of hydrogen-bond donors (Lipinski definition) is 0. The van der Waals surface area contributed by atoms with E-state index < -0.39 is 36.3 Å². The summed E-state index contributed by atoms with van der Waals surface area (Å²) in [7, 11) is 0. The van der Waals surface area contributed by atoms with Gasteiger partial charge in [0.1, 0.15) is 11.7 Å². The van der Waals surface area contributed by atoms with Crippen LogP contribution in [0, 0.1) is 5.92 Å². The first-order valence-corrected chi connectivity index (χ1v) is 4.94. The van der Waals surface area contributed by atoms with Gasteiger partial charge in [-0.05, 0) is 6.92 Å². The van der Waals surface area contributed by atoms with Crippen LogP contribution in [0.25, 0.3) is 0 Å². The minimum absolute atomic E-state index is 0.000000945. The zero-order valence-corrected chi connectivity index (χ0v) is 9.16. The Bertz CT molecular complexity index is 276. The number of ether oxygens (including phenoxy) is 1. The molecule has 1 atom stereocenters. The van der Waals surface area contributed by atoms with Crippen molar-refractivity contribution in [2.75, 3.05) is 6.61 Å². The lowest BCUT2D eigenvalue weighted by Gasteiger charge is -2.12. The summed E-state index contributed by atoms with van der Waals surface area (Å²) in [6, 6.07) is 0. The van der Waals surface area contributed by atoms with E-state index in [2.05, 4.69) is 4.74 Å². The van der Waals surface area contributed by atoms with E-state index in [0.29, 0.717) is 0 Å². The summed E-state index contributed by atoms with van der Waals surface area (Å²) in [5.74, 6) is -4.29. The Morgan fingerprint density at radius 1 is 1.12 bits per heavy atom. The highest BCUT2D eigenvalue weighted by molar-refractivity contribution is 6.02. The highest BCUT2D eigenvalue weighted by atomic mass is 19.3. The number of Topliss-reactive ketones (excluding diaryl/α,β-unsaturated/α-hetero) is 2. The van der Waals surface area contributed by atoms with E-state index in [1.165, 1.54) is 13.8 Å². The highest BCUT2D eigenvalue weighted by Crippen LogP contribution is 2.13. The van der Waals surface area contributed by atoms with Crippen molar-refractivity contribution in [1.82, 2.24) is 0 Å². The van der Waals surface area contributed by atoms with Crippen molar-refractivity contribution in [3.05, 3.63) is 0 Å². The van der Waals surface area contributed by atoms with E-state index in [0.717, 1.165) is 0 Å². The van der Waals surface area contributed by atoms with Crippen LogP contribution in [0.4, 0.5) is 8.78 Å². The van der Waals surface area contributed by atoms with Crippen molar-refractivity contribution in [2.24, 2.45) is 5.92 Å². The van der Waals surface area contributed by atoms with Gasteiger partial charge in [-0.1, -0.05) is 6.92 Å². The Kier molecular flexibility index (Phi) is 6.44. The van der Waals surface area contributed by atoms with Gasteiger partial charge in [0.2, 0.25) is 0 Å². The maximum absolute atomic E-state index is 12.0. The number of hydrogen-bond acceptors (Lipinski definition) is 4. The molecule has 0 heterocycles. The maximum Gasteiger partial charge on any atom is 0.316 e. The van der Waals surface area contributed by atoms with Crippen LogP contribution in [0.5, 0.6) is 0 Å². The summed E-state index contributed by atoms with van der Waals surface area (Å²) in [4.78, 5) is 33.3. The van der Waals surface area contributed by atoms with Gasteiger partial charge in [0.25, 0.3) is 6.43 Å². The fraction of sp³-hybridized carbons (Fsp3) is 0.700. The lowest BCUT2D eigenvalue weighted by Crippen LogP contribution is -2.30. The lowest BCUT2D eigenvalue weighted by molar-refractivity contribution is -0.154. The molecule has 4 nitrogen and oxygen atoms in total. The number of alkyl halides is 2. The van der Waals surface area contributed by atoms with Crippen molar-refractivity contribution in [1.29, 1.82) is 0 Å². The van der Waals surface area contributed by atoms with Crippen molar-refractivity contribution >= 4 is 17.5 Å². The third-order valence-electron chi connectivity index (χ3n) is 1.96. The predicted molar refractivity (Wildman–Crippen MR) is 51.0 cm³/mol. The van der Waals surface area contributed by atoms with Crippen LogP contribution >= 0.6 is 0 Å². The molecule has 0 N–H and O–H groups in total. The van der Waals surface area contributed by atoms with Crippen LogP contribution in [0.1, 0.15) is 26.7 Å². The fourth-order valence-electron chi connectivity index (χ4n) is 1.11. The topological polar surface area (TPSA) is 60.4 Å². The highest BCUT2D eigenvalue weighted by Gasteiger charge is 2.31. The van der Waals surface area contributed by atoms with E-state index in [1.807, 2.05) is 0 Å². The molecule has 1 unspecified atom stereocenters. The second-order valence-corrected chi connectivity index (χ2v) is 3.10. The number of carbonyl (C=O) groups is 3. The predicted octanol–water partition coefficient (Wildman–Crippen LogP) is 1.37. The zero-order valence-electron chi connectivity index (χ0n) is 9.16. The first-order valence-electron chi connectivity index (χ1n) is 4.94. The molecule has 0 aliphatic rings. The first-order chi connectivity index (χ1) is 7.43. The molecule has 0 spiro atoms. The number of rotatable bonds is 7. The number of halogens is 2. The van der Waals surface area contributed by atoms with Gasteiger partial charge < -0.3 is 4.74 Å². The summed E-state index contributed by atoms with van der Waals surface area (Å²) >= 11 is 0. The normalized spacial score (nSPS) is 12.3. The maximum atomic E-state index is 12.0. The third-order valence-corrected chi connectivity index (χ3v) is 1.96. The minimum atomic E-state index is -3.17. The standard InChI is InChI=1S/C10H14F2O4/c1-3-7(13)6(10(15)16-4-2)5-8(14)9(11)12/h6,9H,3-5H2,1-2H3. The molecule has 16 heavy (non-hydrogen) atoms. The SMILES string of the molecule is CCOC(=O)C(CC(=O)C(F)F)C(=O)CC. The van der Waals surface area contributed by atoms with Crippen LogP contribution in [-0.4, -0.2) is 30.6 Å². The molecule has 0 fully saturated rings. The minimum Gasteiger partial charge on any atom is -0.465 e. The van der Waals surface area contributed by atoms with Gasteiger partial charge in [-0.25, -0.2) is 8.78 Å². The molecule has 0 amide bonds. The molecule has 0 aliphatic heterocycles. The lowest BCUT2D eigenvalue weighted by atomic mass is 9.96. The summed E-state index contributed by atoms with van der Waals surface area (Å²) in [5, 5.41) is 0. The molecule has 0 aromatic carbocycles. The summed E-state index contributed by atoms with van der Waals surface area (Å²) < 4.78 is 28.5. The van der Waals surface area contributed by atoms with Gasteiger partial charge in [-0.2, -0.15) is 0 Å².